The molecule has 19 heavy (non-hydrogen) atoms. The lowest BCUT2D eigenvalue weighted by Gasteiger charge is -2.17. The number of benzene rings is 1. The number of carboxylic acids is 1. The van der Waals surface area contributed by atoms with Gasteiger partial charge < -0.3 is 24.8 Å². The van der Waals surface area contributed by atoms with Gasteiger partial charge in [0.1, 0.15) is 6.10 Å². The van der Waals surface area contributed by atoms with Crippen LogP contribution in [0.2, 0.25) is 0 Å². The Labute approximate surface area is 109 Å². The van der Waals surface area contributed by atoms with Crippen molar-refractivity contribution in [2.75, 3.05) is 14.2 Å². The van der Waals surface area contributed by atoms with E-state index in [1.165, 1.54) is 26.4 Å². The standard InChI is InChI=1S/C12H13NO6/c1-18-9-3-6(11(15)8(14)5-13)7(12(16)17)4-10(9)19-2/h3-4,8,11,14-15H,1-2H3,(H,16,17). The molecule has 0 heterocycles. The third-order valence-electron chi connectivity index (χ3n) is 2.54. The summed E-state index contributed by atoms with van der Waals surface area (Å²) in [7, 11) is 2.68. The van der Waals surface area contributed by atoms with Crippen molar-refractivity contribution in [3.05, 3.63) is 23.3 Å². The molecule has 1 rings (SSSR count). The van der Waals surface area contributed by atoms with Crippen LogP contribution in [0.4, 0.5) is 0 Å². The van der Waals surface area contributed by atoms with E-state index in [2.05, 4.69) is 0 Å². The van der Waals surface area contributed by atoms with Gasteiger partial charge in [0.15, 0.2) is 17.6 Å². The number of carboxylic acid groups (broad SMARTS) is 1. The molecule has 7 nitrogen and oxygen atoms in total. The normalized spacial score (nSPS) is 13.2. The number of methoxy groups -OCH3 is 2. The molecule has 0 bridgehead atoms. The molecule has 0 aliphatic heterocycles. The Morgan fingerprint density at radius 1 is 1.26 bits per heavy atom. The maximum Gasteiger partial charge on any atom is 0.336 e. The SMILES string of the molecule is COc1cc(C(=O)O)c(C(O)C(O)C#N)cc1OC. The first-order valence-electron chi connectivity index (χ1n) is 5.21. The van der Waals surface area contributed by atoms with Crippen molar-refractivity contribution in [1.82, 2.24) is 0 Å². The Morgan fingerprint density at radius 2 is 1.79 bits per heavy atom. The predicted octanol–water partition coefficient (Wildman–Crippen LogP) is 0.320. The van der Waals surface area contributed by atoms with Crippen molar-refractivity contribution >= 4 is 5.97 Å². The Bertz CT molecular complexity index is 522. The Balaban J connectivity index is 3.44. The van der Waals surface area contributed by atoms with Gasteiger partial charge >= 0.3 is 5.97 Å². The number of aromatic carboxylic acids is 1. The number of rotatable bonds is 5. The smallest absolute Gasteiger partial charge is 0.336 e. The van der Waals surface area contributed by atoms with E-state index < -0.39 is 18.2 Å². The first-order chi connectivity index (χ1) is 8.96. The zero-order valence-corrected chi connectivity index (χ0v) is 10.3. The van der Waals surface area contributed by atoms with Crippen molar-refractivity contribution in [1.29, 1.82) is 5.26 Å². The molecule has 7 heteroatoms. The highest BCUT2D eigenvalue weighted by Crippen LogP contribution is 2.34. The molecule has 0 spiro atoms. The number of aliphatic hydroxyl groups excluding tert-OH is 2. The molecule has 0 radical (unpaired) electrons. The maximum atomic E-state index is 11.1. The van der Waals surface area contributed by atoms with Crippen molar-refractivity contribution in [3.63, 3.8) is 0 Å². The third-order valence-corrected chi connectivity index (χ3v) is 2.54. The van der Waals surface area contributed by atoms with Crippen LogP contribution in [0.3, 0.4) is 0 Å². The molecule has 0 saturated heterocycles. The van der Waals surface area contributed by atoms with Crippen molar-refractivity contribution < 1.29 is 29.6 Å². The number of carbonyl (C=O) groups is 1. The van der Waals surface area contributed by atoms with E-state index in [0.29, 0.717) is 0 Å². The first kappa shape index (κ1) is 14.8. The second-order valence-electron chi connectivity index (χ2n) is 3.62. The number of hydrogen-bond acceptors (Lipinski definition) is 6. The molecular weight excluding hydrogens is 254 g/mol. The van der Waals surface area contributed by atoms with Crippen LogP contribution in [0.15, 0.2) is 12.1 Å². The van der Waals surface area contributed by atoms with Crippen LogP contribution in [0.25, 0.3) is 0 Å². The minimum Gasteiger partial charge on any atom is -0.493 e. The fraction of sp³-hybridized carbons (Fsp3) is 0.333. The minimum absolute atomic E-state index is 0.126. The van der Waals surface area contributed by atoms with Gasteiger partial charge in [-0.15, -0.1) is 0 Å². The summed E-state index contributed by atoms with van der Waals surface area (Å²) in [5.41, 5.74) is -0.404. The monoisotopic (exact) mass is 267 g/mol. The van der Waals surface area contributed by atoms with E-state index in [4.69, 9.17) is 19.8 Å². The quantitative estimate of drug-likeness (QED) is 0.657. The minimum atomic E-state index is -1.74. The van der Waals surface area contributed by atoms with Gasteiger partial charge in [-0.25, -0.2) is 4.79 Å². The number of ether oxygens (including phenoxy) is 2. The summed E-state index contributed by atoms with van der Waals surface area (Å²) in [6, 6.07) is 3.81. The molecule has 2 atom stereocenters. The number of hydrogen-bond donors (Lipinski definition) is 3. The van der Waals surface area contributed by atoms with Crippen LogP contribution in [0.1, 0.15) is 22.0 Å². The van der Waals surface area contributed by atoms with Crippen molar-refractivity contribution in [2.24, 2.45) is 0 Å². The van der Waals surface area contributed by atoms with E-state index in [0.717, 1.165) is 6.07 Å². The fourth-order valence-electron chi connectivity index (χ4n) is 1.57. The van der Waals surface area contributed by atoms with Gasteiger partial charge in [0.05, 0.1) is 25.9 Å². The molecule has 0 fully saturated rings. The van der Waals surface area contributed by atoms with Crippen LogP contribution in [0, 0.1) is 11.3 Å². The lowest BCUT2D eigenvalue weighted by Crippen LogP contribution is -2.19. The highest BCUT2D eigenvalue weighted by Gasteiger charge is 2.26. The molecule has 0 saturated carbocycles. The van der Waals surface area contributed by atoms with E-state index >= 15 is 0 Å². The second-order valence-corrected chi connectivity index (χ2v) is 3.62. The molecule has 0 aliphatic carbocycles. The summed E-state index contributed by atoms with van der Waals surface area (Å²) in [6.45, 7) is 0. The Hall–Kier alpha value is -2.30. The van der Waals surface area contributed by atoms with E-state index in [-0.39, 0.29) is 22.6 Å². The van der Waals surface area contributed by atoms with E-state index in [9.17, 15) is 15.0 Å². The average molecular weight is 267 g/mol. The lowest BCUT2D eigenvalue weighted by atomic mass is 9.98. The fourth-order valence-corrected chi connectivity index (χ4v) is 1.57. The molecule has 3 N–H and O–H groups in total. The van der Waals surface area contributed by atoms with E-state index in [1.54, 1.807) is 0 Å². The van der Waals surface area contributed by atoms with Crippen LogP contribution in [-0.4, -0.2) is 41.6 Å². The molecule has 0 aliphatic rings. The van der Waals surface area contributed by atoms with Crippen molar-refractivity contribution in [2.45, 2.75) is 12.2 Å². The van der Waals surface area contributed by atoms with Gasteiger partial charge in [-0.1, -0.05) is 0 Å². The molecule has 0 amide bonds. The molecule has 1 aromatic carbocycles. The molecule has 2 unspecified atom stereocenters. The summed E-state index contributed by atoms with van der Waals surface area (Å²) in [4.78, 5) is 11.1. The van der Waals surface area contributed by atoms with E-state index in [1.807, 2.05) is 0 Å². The molecular formula is C12H13NO6. The second kappa shape index (κ2) is 6.04. The third kappa shape index (κ3) is 2.93. The van der Waals surface area contributed by atoms with Gasteiger partial charge in [-0.2, -0.15) is 5.26 Å². The van der Waals surface area contributed by atoms with Crippen LogP contribution < -0.4 is 9.47 Å². The first-order valence-corrected chi connectivity index (χ1v) is 5.21. The van der Waals surface area contributed by atoms with Gasteiger partial charge in [0, 0.05) is 5.56 Å². The van der Waals surface area contributed by atoms with Crippen LogP contribution >= 0.6 is 0 Å². The number of nitriles is 1. The van der Waals surface area contributed by atoms with Gasteiger partial charge in [0.2, 0.25) is 0 Å². The van der Waals surface area contributed by atoms with Crippen molar-refractivity contribution in [3.8, 4) is 17.6 Å². The highest BCUT2D eigenvalue weighted by molar-refractivity contribution is 5.90. The Morgan fingerprint density at radius 3 is 2.21 bits per heavy atom. The predicted molar refractivity (Wildman–Crippen MR) is 63.1 cm³/mol. The summed E-state index contributed by atoms with van der Waals surface area (Å²) in [5.74, 6) is -0.964. The van der Waals surface area contributed by atoms with Crippen LogP contribution in [-0.2, 0) is 0 Å². The summed E-state index contributed by atoms with van der Waals surface area (Å²) in [6.07, 6.45) is -3.40. The summed E-state index contributed by atoms with van der Waals surface area (Å²) in [5, 5.41) is 36.7. The zero-order chi connectivity index (χ0) is 14.6. The van der Waals surface area contributed by atoms with Gasteiger partial charge in [0.25, 0.3) is 0 Å². The number of aliphatic hydroxyl groups is 2. The maximum absolute atomic E-state index is 11.1. The van der Waals surface area contributed by atoms with Gasteiger partial charge in [-0.3, -0.25) is 0 Å². The topological polar surface area (TPSA) is 120 Å². The van der Waals surface area contributed by atoms with Gasteiger partial charge in [-0.05, 0) is 12.1 Å². The van der Waals surface area contributed by atoms with Crippen LogP contribution in [0.5, 0.6) is 11.5 Å². The zero-order valence-electron chi connectivity index (χ0n) is 10.3. The molecule has 102 valence electrons. The average Bonchev–Trinajstić information content (AvgIpc) is 2.43. The molecule has 1 aromatic rings. The highest BCUT2D eigenvalue weighted by atomic mass is 16.5. The Kier molecular flexibility index (Phi) is 4.69. The summed E-state index contributed by atoms with van der Waals surface area (Å²) < 4.78 is 9.93. The summed E-state index contributed by atoms with van der Waals surface area (Å²) >= 11 is 0. The lowest BCUT2D eigenvalue weighted by molar-refractivity contribution is 0.0496. The largest absolute Gasteiger partial charge is 0.493 e. The molecule has 0 aromatic heterocycles. The number of nitrogens with zero attached hydrogens (tertiary/aromatic N) is 1.